The number of esters is 1. The van der Waals surface area contributed by atoms with E-state index in [2.05, 4.69) is 0 Å². The minimum Gasteiger partial charge on any atom is -0.462 e. The first-order valence-electron chi connectivity index (χ1n) is 8.90. The van der Waals surface area contributed by atoms with Crippen LogP contribution >= 0.6 is 0 Å². The van der Waals surface area contributed by atoms with Gasteiger partial charge in [-0.1, -0.05) is 0 Å². The van der Waals surface area contributed by atoms with Crippen LogP contribution in [0.1, 0.15) is 40.0 Å². The van der Waals surface area contributed by atoms with Crippen LogP contribution in [-0.2, 0) is 19.0 Å². The smallest absolute Gasteiger partial charge is 0.414 e. The number of hydrogen-bond acceptors (Lipinski definition) is 6. The van der Waals surface area contributed by atoms with E-state index in [0.29, 0.717) is 24.4 Å². The van der Waals surface area contributed by atoms with Crippen molar-refractivity contribution in [2.75, 3.05) is 30.4 Å². The summed E-state index contributed by atoms with van der Waals surface area (Å²) in [6.45, 7) is 6.21. The summed E-state index contributed by atoms with van der Waals surface area (Å²) in [6.07, 6.45) is 1.58. The first-order valence-corrected chi connectivity index (χ1v) is 8.90. The van der Waals surface area contributed by atoms with Crippen molar-refractivity contribution >= 4 is 23.4 Å². The summed E-state index contributed by atoms with van der Waals surface area (Å²) < 4.78 is 16.2. The molecule has 2 N–H and O–H groups in total. The topological polar surface area (TPSA) is 91.1 Å². The summed E-state index contributed by atoms with van der Waals surface area (Å²) in [6, 6.07) is 6.86. The number of nitrogen functional groups attached to an aromatic ring is 1. The molecule has 26 heavy (non-hydrogen) atoms. The average Bonchev–Trinajstić information content (AvgIpc) is 2.59. The van der Waals surface area contributed by atoms with Gasteiger partial charge in [0, 0.05) is 18.0 Å². The first kappa shape index (κ1) is 20.0. The fourth-order valence-electron chi connectivity index (χ4n) is 2.55. The van der Waals surface area contributed by atoms with Gasteiger partial charge in [0.25, 0.3) is 0 Å². The van der Waals surface area contributed by atoms with E-state index in [9.17, 15) is 9.59 Å². The molecule has 1 amide bonds. The molecular formula is C19H28N2O5. The van der Waals surface area contributed by atoms with Gasteiger partial charge in [-0.3, -0.25) is 4.90 Å². The van der Waals surface area contributed by atoms with Gasteiger partial charge in [-0.05, 0) is 64.3 Å². The number of anilines is 2. The fraction of sp³-hybridized carbons (Fsp3) is 0.579. The Kier molecular flexibility index (Phi) is 6.85. The molecule has 0 radical (unpaired) electrons. The Morgan fingerprint density at radius 1 is 1.23 bits per heavy atom. The Bertz CT molecular complexity index is 603. The Hall–Kier alpha value is -2.28. The molecule has 0 bridgehead atoms. The van der Waals surface area contributed by atoms with E-state index >= 15 is 0 Å². The molecule has 0 aliphatic carbocycles. The Morgan fingerprint density at radius 2 is 1.92 bits per heavy atom. The lowest BCUT2D eigenvalue weighted by molar-refractivity contribution is -0.159. The molecule has 144 valence electrons. The zero-order valence-corrected chi connectivity index (χ0v) is 15.7. The van der Waals surface area contributed by atoms with Crippen molar-refractivity contribution in [2.24, 2.45) is 0 Å². The Morgan fingerprint density at radius 3 is 2.50 bits per heavy atom. The van der Waals surface area contributed by atoms with Gasteiger partial charge < -0.3 is 19.9 Å². The maximum atomic E-state index is 12.5. The van der Waals surface area contributed by atoms with Crippen molar-refractivity contribution in [3.8, 4) is 0 Å². The molecule has 1 aromatic rings. The molecular weight excluding hydrogens is 336 g/mol. The third-order valence-corrected chi connectivity index (χ3v) is 3.82. The quantitative estimate of drug-likeness (QED) is 0.638. The molecule has 0 saturated carbocycles. The van der Waals surface area contributed by atoms with Crippen LogP contribution in [0.25, 0.3) is 0 Å². The second kappa shape index (κ2) is 8.89. The van der Waals surface area contributed by atoms with Gasteiger partial charge in [0.15, 0.2) is 6.10 Å². The third kappa shape index (κ3) is 6.22. The van der Waals surface area contributed by atoms with E-state index in [-0.39, 0.29) is 19.1 Å². The summed E-state index contributed by atoms with van der Waals surface area (Å²) in [4.78, 5) is 26.0. The van der Waals surface area contributed by atoms with Crippen molar-refractivity contribution < 1.29 is 23.8 Å². The summed E-state index contributed by atoms with van der Waals surface area (Å²) in [5.74, 6) is -0.383. The van der Waals surface area contributed by atoms with Gasteiger partial charge >= 0.3 is 12.1 Å². The van der Waals surface area contributed by atoms with E-state index in [1.54, 1.807) is 45.0 Å². The van der Waals surface area contributed by atoms with Crippen LogP contribution < -0.4 is 10.6 Å². The van der Waals surface area contributed by atoms with E-state index in [0.717, 1.165) is 12.8 Å². The fourth-order valence-corrected chi connectivity index (χ4v) is 2.55. The number of benzene rings is 1. The first-order chi connectivity index (χ1) is 12.3. The number of hydrogen-bond donors (Lipinski definition) is 1. The predicted molar refractivity (Wildman–Crippen MR) is 99.0 cm³/mol. The van der Waals surface area contributed by atoms with Gasteiger partial charge in [-0.2, -0.15) is 0 Å². The number of amides is 1. The summed E-state index contributed by atoms with van der Waals surface area (Å²) in [5.41, 5.74) is 6.30. The molecule has 0 aromatic heterocycles. The minimum atomic E-state index is -0.629. The van der Waals surface area contributed by atoms with Crippen LogP contribution in [0.4, 0.5) is 16.2 Å². The lowest BCUT2D eigenvalue weighted by atomic mass is 10.1. The molecule has 1 fully saturated rings. The van der Waals surface area contributed by atoms with Gasteiger partial charge in [-0.25, -0.2) is 9.59 Å². The normalized spacial score (nSPS) is 17.4. The molecule has 1 heterocycles. The van der Waals surface area contributed by atoms with Gasteiger partial charge in [0.1, 0.15) is 12.2 Å². The highest BCUT2D eigenvalue weighted by Crippen LogP contribution is 2.20. The Balaban J connectivity index is 1.98. The SMILES string of the molecule is CC(C)(C)OC(=O)N(CCOC(=O)C1CCCCO1)c1ccc(N)cc1. The molecule has 1 aliphatic heterocycles. The van der Waals surface area contributed by atoms with E-state index < -0.39 is 17.8 Å². The lowest BCUT2D eigenvalue weighted by Crippen LogP contribution is -2.40. The maximum absolute atomic E-state index is 12.5. The molecule has 7 nitrogen and oxygen atoms in total. The van der Waals surface area contributed by atoms with Crippen LogP contribution in [0.5, 0.6) is 0 Å². The summed E-state index contributed by atoms with van der Waals surface area (Å²) >= 11 is 0. The van der Waals surface area contributed by atoms with E-state index in [1.165, 1.54) is 4.90 Å². The number of rotatable bonds is 5. The molecule has 1 unspecified atom stereocenters. The maximum Gasteiger partial charge on any atom is 0.414 e. The van der Waals surface area contributed by atoms with Gasteiger partial charge in [-0.15, -0.1) is 0 Å². The number of carbonyl (C=O) groups excluding carboxylic acids is 2. The molecule has 1 aromatic carbocycles. The van der Waals surface area contributed by atoms with Crippen molar-refractivity contribution in [3.05, 3.63) is 24.3 Å². The molecule has 0 spiro atoms. The number of ether oxygens (including phenoxy) is 3. The molecule has 7 heteroatoms. The predicted octanol–water partition coefficient (Wildman–Crippen LogP) is 3.12. The van der Waals surface area contributed by atoms with Crippen molar-refractivity contribution in [3.63, 3.8) is 0 Å². The van der Waals surface area contributed by atoms with E-state index in [1.807, 2.05) is 0 Å². The Labute approximate surface area is 154 Å². The number of nitrogens with two attached hydrogens (primary N) is 1. The standard InChI is InChI=1S/C19H28N2O5/c1-19(2,3)26-18(23)21(15-9-7-14(20)8-10-15)11-13-25-17(22)16-6-4-5-12-24-16/h7-10,16H,4-6,11-13,20H2,1-3H3. The number of nitrogens with zero attached hydrogens (tertiary/aromatic N) is 1. The highest BCUT2D eigenvalue weighted by molar-refractivity contribution is 5.88. The highest BCUT2D eigenvalue weighted by Gasteiger charge is 2.26. The van der Waals surface area contributed by atoms with Crippen molar-refractivity contribution in [2.45, 2.75) is 51.7 Å². The molecule has 1 atom stereocenters. The van der Waals surface area contributed by atoms with Crippen molar-refractivity contribution in [1.82, 2.24) is 0 Å². The summed E-state index contributed by atoms with van der Waals surface area (Å²) in [5, 5.41) is 0. The summed E-state index contributed by atoms with van der Waals surface area (Å²) in [7, 11) is 0. The van der Waals surface area contributed by atoms with E-state index in [4.69, 9.17) is 19.9 Å². The average molecular weight is 364 g/mol. The van der Waals surface area contributed by atoms with Crippen LogP contribution in [0.3, 0.4) is 0 Å². The van der Waals surface area contributed by atoms with Crippen molar-refractivity contribution in [1.29, 1.82) is 0 Å². The van der Waals surface area contributed by atoms with Gasteiger partial charge in [0.05, 0.1) is 6.54 Å². The zero-order valence-electron chi connectivity index (χ0n) is 15.7. The monoisotopic (exact) mass is 364 g/mol. The number of carbonyl (C=O) groups is 2. The zero-order chi connectivity index (χ0) is 19.2. The lowest BCUT2D eigenvalue weighted by Gasteiger charge is -2.28. The molecule has 1 aliphatic rings. The minimum absolute atomic E-state index is 0.0578. The second-order valence-electron chi connectivity index (χ2n) is 7.25. The van der Waals surface area contributed by atoms with Gasteiger partial charge in [0.2, 0.25) is 0 Å². The largest absolute Gasteiger partial charge is 0.462 e. The van der Waals surface area contributed by atoms with Crippen LogP contribution in [0.2, 0.25) is 0 Å². The third-order valence-electron chi connectivity index (χ3n) is 3.82. The molecule has 1 saturated heterocycles. The van der Waals surface area contributed by atoms with Crippen LogP contribution in [0.15, 0.2) is 24.3 Å². The molecule has 2 rings (SSSR count). The van der Waals surface area contributed by atoms with Crippen LogP contribution in [0, 0.1) is 0 Å². The highest BCUT2D eigenvalue weighted by atomic mass is 16.6. The second-order valence-corrected chi connectivity index (χ2v) is 7.25. The van der Waals surface area contributed by atoms with Crippen LogP contribution in [-0.4, -0.2) is 43.5 Å².